The molecular weight excluding hydrogens is 544 g/mol. The van der Waals surface area contributed by atoms with Crippen molar-refractivity contribution in [2.75, 3.05) is 25.0 Å². The molecule has 0 spiro atoms. The highest BCUT2D eigenvalue weighted by Gasteiger charge is 2.16. The van der Waals surface area contributed by atoms with Crippen molar-refractivity contribution in [1.82, 2.24) is 10.7 Å². The molecular formula is C22H20Br2N4O4. The molecule has 3 rings (SSSR count). The van der Waals surface area contributed by atoms with Crippen LogP contribution in [0.1, 0.15) is 5.56 Å². The third-order valence-electron chi connectivity index (χ3n) is 4.64. The Balaban J connectivity index is 1.75. The molecule has 8 nitrogen and oxygen atoms in total. The van der Waals surface area contributed by atoms with Gasteiger partial charge in [0.25, 0.3) is 5.91 Å². The van der Waals surface area contributed by atoms with E-state index in [1.54, 1.807) is 4.90 Å². The summed E-state index contributed by atoms with van der Waals surface area (Å²) in [7, 11) is 1.53. The third-order valence-corrected chi connectivity index (χ3v) is 5.99. The molecule has 2 amide bonds. The van der Waals surface area contributed by atoms with Crippen LogP contribution in [-0.4, -0.2) is 48.4 Å². The predicted molar refractivity (Wildman–Crippen MR) is 131 cm³/mol. The zero-order chi connectivity index (χ0) is 23.3. The van der Waals surface area contributed by atoms with Gasteiger partial charge in [-0.1, -0.05) is 30.3 Å². The lowest BCUT2D eigenvalue weighted by molar-refractivity contribution is -0.120. The van der Waals surface area contributed by atoms with Gasteiger partial charge in [-0.15, -0.1) is 0 Å². The molecule has 166 valence electrons. The van der Waals surface area contributed by atoms with Gasteiger partial charge in [-0.25, -0.2) is 5.43 Å². The van der Waals surface area contributed by atoms with Gasteiger partial charge in [0, 0.05) is 18.3 Å². The van der Waals surface area contributed by atoms with Gasteiger partial charge in [-0.2, -0.15) is 5.10 Å². The number of carbonyl (C=O) groups is 2. The molecule has 0 aromatic heterocycles. The number of aromatic hydroxyl groups is 2. The largest absolute Gasteiger partial charge is 0.506 e. The number of phenols is 2. The summed E-state index contributed by atoms with van der Waals surface area (Å²) in [5.41, 5.74) is 3.39. The Bertz CT molecular complexity index is 1200. The van der Waals surface area contributed by atoms with Crippen LogP contribution in [0.25, 0.3) is 10.8 Å². The second-order valence-electron chi connectivity index (χ2n) is 6.81. The van der Waals surface area contributed by atoms with Crippen LogP contribution in [0.4, 0.5) is 5.69 Å². The van der Waals surface area contributed by atoms with Crippen LogP contribution in [0.2, 0.25) is 0 Å². The van der Waals surface area contributed by atoms with Crippen molar-refractivity contribution in [3.63, 3.8) is 0 Å². The van der Waals surface area contributed by atoms with Gasteiger partial charge in [0.15, 0.2) is 0 Å². The van der Waals surface area contributed by atoms with Crippen LogP contribution in [0.3, 0.4) is 0 Å². The number of nitrogens with one attached hydrogen (secondary N) is 2. The van der Waals surface area contributed by atoms with Crippen molar-refractivity contribution in [3.05, 3.63) is 63.0 Å². The Hall–Kier alpha value is -3.11. The number of halogens is 2. The first-order valence-corrected chi connectivity index (χ1v) is 11.0. The molecule has 0 heterocycles. The minimum atomic E-state index is -0.449. The van der Waals surface area contributed by atoms with Gasteiger partial charge in [-0.3, -0.25) is 9.59 Å². The standard InChI is InChI=1S/C22H20Br2N4O4/c1-25-18(29)11-28(16-7-6-13-4-2-3-5-14(13)8-16)12-19(30)27-26-10-15-9-17(23)22(32)20(24)21(15)31/h2-10,31-32H,11-12H2,1H3,(H,25,29)(H,27,30)/b26-10+. The highest BCUT2D eigenvalue weighted by molar-refractivity contribution is 9.11. The second kappa shape index (κ2) is 10.5. The number of hydrogen-bond acceptors (Lipinski definition) is 6. The van der Waals surface area contributed by atoms with E-state index in [4.69, 9.17) is 0 Å². The van der Waals surface area contributed by atoms with E-state index >= 15 is 0 Å². The van der Waals surface area contributed by atoms with E-state index in [1.165, 1.54) is 19.3 Å². The summed E-state index contributed by atoms with van der Waals surface area (Å²) in [6.45, 7) is -0.122. The van der Waals surface area contributed by atoms with Crippen LogP contribution >= 0.6 is 31.9 Å². The van der Waals surface area contributed by atoms with Gasteiger partial charge in [0.2, 0.25) is 5.91 Å². The zero-order valence-corrected chi connectivity index (χ0v) is 20.1. The number of benzene rings is 3. The fourth-order valence-corrected chi connectivity index (χ4v) is 4.12. The lowest BCUT2D eigenvalue weighted by atomic mass is 10.1. The minimum absolute atomic E-state index is 0.00931. The normalized spacial score (nSPS) is 11.0. The molecule has 0 aliphatic carbocycles. The topological polar surface area (TPSA) is 114 Å². The molecule has 10 heteroatoms. The fourth-order valence-electron chi connectivity index (χ4n) is 2.96. The van der Waals surface area contributed by atoms with Crippen LogP contribution in [0.5, 0.6) is 11.5 Å². The molecule has 0 aliphatic rings. The minimum Gasteiger partial charge on any atom is -0.506 e. The quantitative estimate of drug-likeness (QED) is 0.259. The summed E-state index contributed by atoms with van der Waals surface area (Å²) in [5, 5.41) is 28.4. The van der Waals surface area contributed by atoms with Crippen molar-refractivity contribution < 1.29 is 19.8 Å². The molecule has 0 saturated carbocycles. The predicted octanol–water partition coefficient (Wildman–Crippen LogP) is 3.48. The maximum atomic E-state index is 12.5. The monoisotopic (exact) mass is 562 g/mol. The molecule has 32 heavy (non-hydrogen) atoms. The molecule has 3 aromatic carbocycles. The van der Waals surface area contributed by atoms with Crippen molar-refractivity contribution in [2.24, 2.45) is 5.10 Å². The van der Waals surface area contributed by atoms with Crippen LogP contribution in [0, 0.1) is 0 Å². The fraction of sp³-hybridized carbons (Fsp3) is 0.136. The zero-order valence-electron chi connectivity index (χ0n) is 17.0. The van der Waals surface area contributed by atoms with Gasteiger partial charge in [0.1, 0.15) is 16.0 Å². The Morgan fingerprint density at radius 2 is 1.69 bits per heavy atom. The molecule has 3 aromatic rings. The Morgan fingerprint density at radius 3 is 2.41 bits per heavy atom. The van der Waals surface area contributed by atoms with E-state index in [9.17, 15) is 19.8 Å². The van der Waals surface area contributed by atoms with E-state index < -0.39 is 5.91 Å². The van der Waals surface area contributed by atoms with Gasteiger partial charge < -0.3 is 20.4 Å². The highest BCUT2D eigenvalue weighted by atomic mass is 79.9. The van der Waals surface area contributed by atoms with E-state index in [0.29, 0.717) is 4.47 Å². The molecule has 0 radical (unpaired) electrons. The average molecular weight is 564 g/mol. The number of hydrazone groups is 1. The van der Waals surface area contributed by atoms with Crippen molar-refractivity contribution in [3.8, 4) is 11.5 Å². The molecule has 0 atom stereocenters. The van der Waals surface area contributed by atoms with Gasteiger partial charge in [-0.05, 0) is 60.8 Å². The van der Waals surface area contributed by atoms with E-state index in [-0.39, 0.29) is 40.5 Å². The van der Waals surface area contributed by atoms with Crippen LogP contribution < -0.4 is 15.6 Å². The number of likely N-dealkylation sites (N-methyl/N-ethyl adjacent to an activating group) is 1. The molecule has 0 unspecified atom stereocenters. The van der Waals surface area contributed by atoms with Gasteiger partial charge >= 0.3 is 0 Å². The summed E-state index contributed by atoms with van der Waals surface area (Å²) < 4.78 is 0.454. The van der Waals surface area contributed by atoms with Crippen LogP contribution in [0.15, 0.2) is 62.6 Å². The number of nitrogens with zero attached hydrogens (tertiary/aromatic N) is 2. The summed E-state index contributed by atoms with van der Waals surface area (Å²) in [5.74, 6) is -1.06. The summed E-state index contributed by atoms with van der Waals surface area (Å²) in [6.07, 6.45) is 1.25. The van der Waals surface area contributed by atoms with Crippen molar-refractivity contribution >= 4 is 66.3 Å². The lowest BCUT2D eigenvalue weighted by Gasteiger charge is -2.23. The lowest BCUT2D eigenvalue weighted by Crippen LogP contribution is -2.41. The molecule has 0 saturated heterocycles. The first-order chi connectivity index (χ1) is 15.3. The molecule has 4 N–H and O–H groups in total. The number of fused-ring (bicyclic) bond motifs is 1. The van der Waals surface area contributed by atoms with Crippen molar-refractivity contribution in [1.29, 1.82) is 0 Å². The number of anilines is 1. The maximum Gasteiger partial charge on any atom is 0.259 e. The Kier molecular flexibility index (Phi) is 7.70. The van der Waals surface area contributed by atoms with E-state index in [1.807, 2.05) is 42.5 Å². The summed E-state index contributed by atoms with van der Waals surface area (Å²) >= 11 is 6.26. The van der Waals surface area contributed by atoms with E-state index in [0.717, 1.165) is 16.5 Å². The summed E-state index contributed by atoms with van der Waals surface area (Å²) in [4.78, 5) is 26.1. The Labute approximate surface area is 201 Å². The molecule has 0 bridgehead atoms. The number of amides is 2. The van der Waals surface area contributed by atoms with Crippen LogP contribution in [-0.2, 0) is 9.59 Å². The molecule has 0 aliphatic heterocycles. The smallest absolute Gasteiger partial charge is 0.259 e. The average Bonchev–Trinajstić information content (AvgIpc) is 2.80. The Morgan fingerprint density at radius 1 is 1.00 bits per heavy atom. The maximum absolute atomic E-state index is 12.5. The molecule has 0 fully saturated rings. The first-order valence-electron chi connectivity index (χ1n) is 9.46. The SMILES string of the molecule is CNC(=O)CN(CC(=O)N/N=C/c1cc(Br)c(O)c(Br)c1O)c1ccc2ccccc2c1. The highest BCUT2D eigenvalue weighted by Crippen LogP contribution is 2.40. The number of rotatable bonds is 7. The van der Waals surface area contributed by atoms with Crippen molar-refractivity contribution in [2.45, 2.75) is 0 Å². The number of hydrogen-bond donors (Lipinski definition) is 4. The number of carbonyl (C=O) groups excluding carboxylic acids is 2. The first kappa shape index (κ1) is 23.6. The summed E-state index contributed by atoms with van der Waals surface area (Å²) in [6, 6.07) is 15.0. The van der Waals surface area contributed by atoms with E-state index in [2.05, 4.69) is 47.7 Å². The number of phenolic OH excluding ortho intramolecular Hbond substituents is 2. The van der Waals surface area contributed by atoms with Gasteiger partial charge in [0.05, 0.1) is 23.8 Å². The third kappa shape index (κ3) is 5.57. The second-order valence-corrected chi connectivity index (χ2v) is 8.46.